The number of carbonyl (C=O) groups is 1. The fourth-order valence-corrected chi connectivity index (χ4v) is 7.20. The van der Waals surface area contributed by atoms with Gasteiger partial charge in [-0.1, -0.05) is 41.6 Å². The van der Waals surface area contributed by atoms with Crippen LogP contribution in [0.5, 0.6) is 0 Å². The maximum Gasteiger partial charge on any atom is 0.250 e. The highest BCUT2D eigenvalue weighted by Gasteiger charge is 2.54. The summed E-state index contributed by atoms with van der Waals surface area (Å²) in [5.41, 5.74) is 3.99. The number of halogens is 1. The zero-order valence-electron chi connectivity index (χ0n) is 23.7. The van der Waals surface area contributed by atoms with E-state index in [1.807, 2.05) is 29.9 Å². The maximum atomic E-state index is 14.2. The van der Waals surface area contributed by atoms with Crippen molar-refractivity contribution in [3.05, 3.63) is 89.5 Å². The van der Waals surface area contributed by atoms with Gasteiger partial charge in [-0.25, -0.2) is 4.39 Å². The molecule has 9 heteroatoms. The normalized spacial score (nSPS) is 20.3. The van der Waals surface area contributed by atoms with E-state index in [9.17, 15) is 9.18 Å². The summed E-state index contributed by atoms with van der Waals surface area (Å²) in [6.45, 7) is 4.01. The highest BCUT2D eigenvalue weighted by molar-refractivity contribution is 5.94. The largest absolute Gasteiger partial charge is 0.339 e. The van der Waals surface area contributed by atoms with E-state index >= 15 is 0 Å². The van der Waals surface area contributed by atoms with Gasteiger partial charge in [0.25, 0.3) is 0 Å². The summed E-state index contributed by atoms with van der Waals surface area (Å²) in [6.07, 6.45) is 4.43. The summed E-state index contributed by atoms with van der Waals surface area (Å²) in [6, 6.07) is 20.2. The second kappa shape index (κ2) is 10.2. The van der Waals surface area contributed by atoms with Crippen LogP contribution in [-0.4, -0.2) is 81.5 Å². The highest BCUT2D eigenvalue weighted by atomic mass is 19.1. The molecule has 0 unspecified atom stereocenters. The van der Waals surface area contributed by atoms with E-state index in [1.165, 1.54) is 34.0 Å². The topological polar surface area (TPSA) is 60.7 Å². The number of benzene rings is 3. The second-order valence-electron chi connectivity index (χ2n) is 12.0. The molecular weight excluding hydrogens is 517 g/mol. The molecule has 1 aromatic heterocycles. The molecule has 7 rings (SSSR count). The number of carbonyl (C=O) groups excluding carboxylic acids is 1. The van der Waals surface area contributed by atoms with E-state index in [-0.39, 0.29) is 11.7 Å². The molecule has 1 spiro atoms. The monoisotopic (exact) mass is 553 g/mol. The average molecular weight is 554 g/mol. The Bertz CT molecular complexity index is 1570. The predicted octanol–water partition coefficient (Wildman–Crippen LogP) is 4.07. The average Bonchev–Trinajstić information content (AvgIpc) is 3.65. The van der Waals surface area contributed by atoms with Crippen molar-refractivity contribution in [3.63, 3.8) is 0 Å². The summed E-state index contributed by atoms with van der Waals surface area (Å²) in [4.78, 5) is 23.0. The third kappa shape index (κ3) is 4.57. The number of hydrogen-bond donors (Lipinski definition) is 0. The van der Waals surface area contributed by atoms with Crippen LogP contribution < -0.4 is 4.90 Å². The fraction of sp³-hybridized carbons (Fsp3) is 0.406. The molecule has 0 radical (unpaired) electrons. The van der Waals surface area contributed by atoms with Crippen LogP contribution >= 0.6 is 0 Å². The Morgan fingerprint density at radius 1 is 1.00 bits per heavy atom. The van der Waals surface area contributed by atoms with Gasteiger partial charge in [-0.3, -0.25) is 14.4 Å². The highest BCUT2D eigenvalue weighted by Crippen LogP contribution is 2.45. The van der Waals surface area contributed by atoms with Gasteiger partial charge < -0.3 is 14.7 Å². The van der Waals surface area contributed by atoms with E-state index < -0.39 is 5.54 Å². The van der Waals surface area contributed by atoms with Crippen molar-refractivity contribution in [2.45, 2.75) is 43.9 Å². The lowest BCUT2D eigenvalue weighted by Crippen LogP contribution is -2.57. The first-order valence-electron chi connectivity index (χ1n) is 14.5. The first kappa shape index (κ1) is 26.1. The quantitative estimate of drug-likeness (QED) is 0.344. The molecule has 4 aromatic rings. The molecule has 1 atom stereocenters. The maximum absolute atomic E-state index is 14.2. The van der Waals surface area contributed by atoms with Crippen molar-refractivity contribution in [1.82, 2.24) is 29.7 Å². The van der Waals surface area contributed by atoms with Crippen molar-refractivity contribution < 1.29 is 9.18 Å². The molecule has 2 saturated heterocycles. The van der Waals surface area contributed by atoms with Crippen molar-refractivity contribution in [2.24, 2.45) is 0 Å². The van der Waals surface area contributed by atoms with E-state index in [0.717, 1.165) is 50.3 Å². The minimum absolute atomic E-state index is 0.159. The number of rotatable bonds is 7. The summed E-state index contributed by atoms with van der Waals surface area (Å²) in [5.74, 6) is -0.110. The first-order chi connectivity index (χ1) is 19.9. The van der Waals surface area contributed by atoms with Gasteiger partial charge in [0, 0.05) is 44.1 Å². The number of aromatic nitrogens is 3. The van der Waals surface area contributed by atoms with Crippen LogP contribution in [0.2, 0.25) is 0 Å². The van der Waals surface area contributed by atoms with Crippen LogP contribution in [0.3, 0.4) is 0 Å². The van der Waals surface area contributed by atoms with Crippen LogP contribution in [0.1, 0.15) is 35.7 Å². The van der Waals surface area contributed by atoms with E-state index in [1.54, 1.807) is 12.1 Å². The number of piperidine rings is 1. The van der Waals surface area contributed by atoms with Crippen molar-refractivity contribution in [3.8, 4) is 0 Å². The molecule has 212 valence electrons. The lowest BCUT2D eigenvalue weighted by Gasteiger charge is -2.45. The fourth-order valence-electron chi connectivity index (χ4n) is 7.20. The van der Waals surface area contributed by atoms with Gasteiger partial charge in [-0.05, 0) is 79.5 Å². The van der Waals surface area contributed by atoms with Gasteiger partial charge in [0.2, 0.25) is 5.91 Å². The number of likely N-dealkylation sites (tertiary alicyclic amines) is 1. The SMILES string of the molecule is CN(C)Cc1cn(CCN2CN(c3ccc(F)cc3)C3(CCN([C@@H]4Cc5cccc6cccc4c56)CC3)C2=O)nn1. The molecule has 3 aliphatic rings. The molecule has 8 nitrogen and oxygen atoms in total. The molecule has 0 saturated carbocycles. The molecule has 0 bridgehead atoms. The Morgan fingerprint density at radius 3 is 2.51 bits per heavy atom. The van der Waals surface area contributed by atoms with Gasteiger partial charge in [0.15, 0.2) is 0 Å². The lowest BCUT2D eigenvalue weighted by molar-refractivity contribution is -0.134. The molecule has 0 N–H and O–H groups in total. The smallest absolute Gasteiger partial charge is 0.250 e. The zero-order chi connectivity index (χ0) is 28.1. The zero-order valence-corrected chi connectivity index (χ0v) is 23.7. The third-order valence-corrected chi connectivity index (χ3v) is 9.18. The standard InChI is InChI=1S/C32H36FN7O/c1-36(2)20-26-21-39(35-34-26)18-17-38-22-40(27-11-9-25(33)10-12-27)32(31(38)41)13-15-37(16-14-32)29-19-24-7-3-5-23-6-4-8-28(29)30(23)24/h3-12,21,29H,13-20,22H2,1-2H3/t29-/m1/s1. The summed E-state index contributed by atoms with van der Waals surface area (Å²) in [5, 5.41) is 11.2. The van der Waals surface area contributed by atoms with Crippen molar-refractivity contribution in [1.29, 1.82) is 0 Å². The van der Waals surface area contributed by atoms with E-state index in [2.05, 4.69) is 61.4 Å². The summed E-state index contributed by atoms with van der Waals surface area (Å²) in [7, 11) is 4.01. The molecule has 1 amide bonds. The third-order valence-electron chi connectivity index (χ3n) is 9.18. The Kier molecular flexibility index (Phi) is 6.51. The number of hydrogen-bond acceptors (Lipinski definition) is 6. The van der Waals surface area contributed by atoms with E-state index in [0.29, 0.717) is 25.8 Å². The van der Waals surface area contributed by atoms with Crippen LogP contribution in [0.25, 0.3) is 10.8 Å². The van der Waals surface area contributed by atoms with Crippen LogP contribution in [0, 0.1) is 5.82 Å². The lowest BCUT2D eigenvalue weighted by atomic mass is 9.84. The minimum Gasteiger partial charge on any atom is -0.339 e. The summed E-state index contributed by atoms with van der Waals surface area (Å²) >= 11 is 0. The van der Waals surface area contributed by atoms with Gasteiger partial charge in [0.05, 0.1) is 18.9 Å². The van der Waals surface area contributed by atoms with Gasteiger partial charge >= 0.3 is 0 Å². The van der Waals surface area contributed by atoms with Crippen LogP contribution in [-0.2, 0) is 24.3 Å². The number of nitrogens with zero attached hydrogens (tertiary/aromatic N) is 7. The predicted molar refractivity (Wildman–Crippen MR) is 157 cm³/mol. The number of amides is 1. The first-order valence-corrected chi connectivity index (χ1v) is 14.5. The Balaban J connectivity index is 1.11. The molecule has 1 aliphatic carbocycles. The Morgan fingerprint density at radius 2 is 1.76 bits per heavy atom. The van der Waals surface area contributed by atoms with Crippen molar-refractivity contribution >= 4 is 22.4 Å². The molecular formula is C32H36FN7O. The molecule has 2 aliphatic heterocycles. The molecule has 41 heavy (non-hydrogen) atoms. The van der Waals surface area contributed by atoms with E-state index in [4.69, 9.17) is 0 Å². The van der Waals surface area contributed by atoms with Crippen LogP contribution in [0.4, 0.5) is 10.1 Å². The Labute approximate surface area is 239 Å². The minimum atomic E-state index is -0.635. The number of anilines is 1. The molecule has 3 aromatic carbocycles. The summed E-state index contributed by atoms with van der Waals surface area (Å²) < 4.78 is 15.7. The van der Waals surface area contributed by atoms with Crippen molar-refractivity contribution in [2.75, 3.05) is 45.3 Å². The molecule has 3 heterocycles. The molecule has 2 fully saturated rings. The van der Waals surface area contributed by atoms with Gasteiger partial charge in [-0.15, -0.1) is 5.10 Å². The van der Waals surface area contributed by atoms with Gasteiger partial charge in [-0.2, -0.15) is 0 Å². The Hall–Kier alpha value is -3.82. The van der Waals surface area contributed by atoms with Crippen LogP contribution in [0.15, 0.2) is 66.9 Å². The second-order valence-corrected chi connectivity index (χ2v) is 12.0. The van der Waals surface area contributed by atoms with Gasteiger partial charge in [0.1, 0.15) is 11.4 Å².